The number of benzene rings is 2. The summed E-state index contributed by atoms with van der Waals surface area (Å²) in [5.74, 6) is 0. The van der Waals surface area contributed by atoms with Gasteiger partial charge in [0.2, 0.25) is 10.0 Å². The highest BCUT2D eigenvalue weighted by molar-refractivity contribution is 7.89. The second kappa shape index (κ2) is 7.87. The van der Waals surface area contributed by atoms with Crippen LogP contribution in [0.1, 0.15) is 18.4 Å². The molecule has 0 bridgehead atoms. The maximum Gasteiger partial charge on any atom is 0.244 e. The lowest BCUT2D eigenvalue weighted by atomic mass is 9.76. The summed E-state index contributed by atoms with van der Waals surface area (Å²) < 4.78 is 27.6. The summed E-state index contributed by atoms with van der Waals surface area (Å²) in [5.41, 5.74) is 0.459. The van der Waals surface area contributed by atoms with Gasteiger partial charge in [-0.3, -0.25) is 0 Å². The van der Waals surface area contributed by atoms with E-state index in [1.54, 1.807) is 24.3 Å². The van der Waals surface area contributed by atoms with Crippen molar-refractivity contribution in [2.75, 3.05) is 19.7 Å². The lowest BCUT2D eigenvalue weighted by Crippen LogP contribution is -2.48. The van der Waals surface area contributed by atoms with Crippen LogP contribution in [-0.2, 0) is 16.4 Å². The van der Waals surface area contributed by atoms with E-state index in [0.717, 1.165) is 12.0 Å². The first-order valence-corrected chi connectivity index (χ1v) is 10.7. The molecule has 140 valence electrons. The molecule has 1 saturated heterocycles. The van der Waals surface area contributed by atoms with E-state index in [0.29, 0.717) is 24.4 Å². The smallest absolute Gasteiger partial charge is 0.244 e. The summed E-state index contributed by atoms with van der Waals surface area (Å²) >= 11 is 12.2. The summed E-state index contributed by atoms with van der Waals surface area (Å²) in [5, 5.41) is 10.9. The number of nitrogens with zero attached hydrogens (tertiary/aromatic N) is 1. The van der Waals surface area contributed by atoms with Gasteiger partial charge in [0.15, 0.2) is 0 Å². The second-order valence-electron chi connectivity index (χ2n) is 6.84. The Morgan fingerprint density at radius 3 is 2.58 bits per heavy atom. The minimum atomic E-state index is -3.71. The van der Waals surface area contributed by atoms with Gasteiger partial charge in [-0.1, -0.05) is 47.5 Å². The van der Waals surface area contributed by atoms with E-state index in [4.69, 9.17) is 23.2 Å². The Balaban J connectivity index is 1.88. The summed E-state index contributed by atoms with van der Waals surface area (Å²) in [6.45, 7) is 0.586. The highest BCUT2D eigenvalue weighted by Gasteiger charge is 2.40. The zero-order chi connectivity index (χ0) is 18.8. The predicted molar refractivity (Wildman–Crippen MR) is 104 cm³/mol. The van der Waals surface area contributed by atoms with E-state index < -0.39 is 15.4 Å². The lowest BCUT2D eigenvalue weighted by Gasteiger charge is -2.41. The third kappa shape index (κ3) is 4.07. The van der Waals surface area contributed by atoms with E-state index >= 15 is 0 Å². The van der Waals surface area contributed by atoms with E-state index in [1.807, 2.05) is 18.2 Å². The van der Waals surface area contributed by atoms with Crippen molar-refractivity contribution in [3.05, 3.63) is 64.1 Å². The largest absolute Gasteiger partial charge is 0.396 e. The summed E-state index contributed by atoms with van der Waals surface area (Å²) in [6, 6.07) is 13.9. The minimum Gasteiger partial charge on any atom is -0.396 e. The number of piperidine rings is 1. The van der Waals surface area contributed by atoms with Crippen LogP contribution in [-0.4, -0.2) is 37.5 Å². The Labute approximate surface area is 164 Å². The normalized spacial score (nSPS) is 21.7. The van der Waals surface area contributed by atoms with Gasteiger partial charge in [0.1, 0.15) is 4.90 Å². The van der Waals surface area contributed by atoms with E-state index in [2.05, 4.69) is 0 Å². The topological polar surface area (TPSA) is 57.6 Å². The molecule has 1 atom stereocenters. The molecule has 0 amide bonds. The van der Waals surface area contributed by atoms with Gasteiger partial charge >= 0.3 is 0 Å². The molecule has 2 aromatic carbocycles. The van der Waals surface area contributed by atoms with Gasteiger partial charge in [0.25, 0.3) is 0 Å². The molecule has 1 N–H and O–H groups in total. The molecule has 0 spiro atoms. The Hall–Kier alpha value is -1.11. The van der Waals surface area contributed by atoms with Crippen molar-refractivity contribution < 1.29 is 13.5 Å². The molecule has 1 aliphatic heterocycles. The van der Waals surface area contributed by atoms with Crippen LogP contribution in [0.15, 0.2) is 53.4 Å². The Morgan fingerprint density at radius 1 is 1.12 bits per heavy atom. The third-order valence-electron chi connectivity index (χ3n) is 4.88. The maximum absolute atomic E-state index is 13.1. The van der Waals surface area contributed by atoms with Gasteiger partial charge in [0.05, 0.1) is 11.6 Å². The fourth-order valence-corrected chi connectivity index (χ4v) is 5.87. The summed E-state index contributed by atoms with van der Waals surface area (Å²) in [7, 11) is -3.71. The highest BCUT2D eigenvalue weighted by Crippen LogP contribution is 2.37. The summed E-state index contributed by atoms with van der Waals surface area (Å²) in [6.07, 6.45) is 2.01. The van der Waals surface area contributed by atoms with Gasteiger partial charge < -0.3 is 5.11 Å². The molecule has 0 aliphatic carbocycles. The molecule has 1 unspecified atom stereocenters. The molecule has 7 heteroatoms. The van der Waals surface area contributed by atoms with Gasteiger partial charge in [-0.05, 0) is 49.1 Å². The molecule has 1 heterocycles. The minimum absolute atomic E-state index is 0.0892. The molecule has 4 nitrogen and oxygen atoms in total. The van der Waals surface area contributed by atoms with Gasteiger partial charge in [0, 0.05) is 23.5 Å². The average molecular weight is 414 g/mol. The number of sulfonamides is 1. The first kappa shape index (κ1) is 19.6. The molecule has 26 heavy (non-hydrogen) atoms. The first-order chi connectivity index (χ1) is 12.4. The Kier molecular flexibility index (Phi) is 5.94. The van der Waals surface area contributed by atoms with E-state index in [1.165, 1.54) is 10.4 Å². The third-order valence-corrected chi connectivity index (χ3v) is 7.46. The molecule has 2 aromatic rings. The number of aliphatic hydroxyl groups excluding tert-OH is 1. The van der Waals surface area contributed by atoms with Crippen LogP contribution in [0.2, 0.25) is 10.0 Å². The van der Waals surface area contributed by atoms with Gasteiger partial charge in [-0.2, -0.15) is 4.31 Å². The fraction of sp³-hybridized carbons (Fsp3) is 0.368. The standard InChI is InChI=1S/C19H21Cl2NO3S/c20-16-6-3-5-15(11-16)12-19(14-23)9-4-10-22(13-19)26(24,25)18-8-2-1-7-17(18)21/h1-3,5-8,11,23H,4,9-10,12-14H2. The zero-order valence-electron chi connectivity index (χ0n) is 14.2. The maximum atomic E-state index is 13.1. The van der Waals surface area contributed by atoms with Crippen molar-refractivity contribution in [3.8, 4) is 0 Å². The zero-order valence-corrected chi connectivity index (χ0v) is 16.6. The van der Waals surface area contributed by atoms with Gasteiger partial charge in [-0.15, -0.1) is 0 Å². The van der Waals surface area contributed by atoms with Crippen molar-refractivity contribution in [3.63, 3.8) is 0 Å². The number of halogens is 2. The predicted octanol–water partition coefficient (Wildman–Crippen LogP) is 4.00. The van der Waals surface area contributed by atoms with Crippen molar-refractivity contribution in [2.45, 2.75) is 24.2 Å². The van der Waals surface area contributed by atoms with Crippen molar-refractivity contribution in [1.29, 1.82) is 0 Å². The van der Waals surface area contributed by atoms with Crippen LogP contribution in [0.3, 0.4) is 0 Å². The number of aliphatic hydroxyl groups is 1. The van der Waals surface area contributed by atoms with Crippen LogP contribution in [0.5, 0.6) is 0 Å². The Bertz CT molecular complexity index is 888. The van der Waals surface area contributed by atoms with Crippen molar-refractivity contribution in [1.82, 2.24) is 4.31 Å². The van der Waals surface area contributed by atoms with Crippen LogP contribution in [0.25, 0.3) is 0 Å². The van der Waals surface area contributed by atoms with E-state index in [9.17, 15) is 13.5 Å². The molecule has 0 aromatic heterocycles. The second-order valence-corrected chi connectivity index (χ2v) is 9.59. The molecule has 1 fully saturated rings. The molecule has 0 radical (unpaired) electrons. The Morgan fingerprint density at radius 2 is 1.88 bits per heavy atom. The monoisotopic (exact) mass is 413 g/mol. The molecule has 3 rings (SSSR count). The van der Waals surface area contributed by atoms with Crippen LogP contribution in [0.4, 0.5) is 0 Å². The van der Waals surface area contributed by atoms with Crippen LogP contribution >= 0.6 is 23.2 Å². The fourth-order valence-electron chi connectivity index (χ4n) is 3.57. The van der Waals surface area contributed by atoms with E-state index in [-0.39, 0.29) is 23.1 Å². The average Bonchev–Trinajstić information content (AvgIpc) is 2.62. The van der Waals surface area contributed by atoms with Crippen molar-refractivity contribution in [2.24, 2.45) is 5.41 Å². The molecular weight excluding hydrogens is 393 g/mol. The van der Waals surface area contributed by atoms with Crippen molar-refractivity contribution >= 4 is 33.2 Å². The quantitative estimate of drug-likeness (QED) is 0.805. The molecular formula is C19H21Cl2NO3S. The first-order valence-electron chi connectivity index (χ1n) is 8.46. The SMILES string of the molecule is O=S(=O)(c1ccccc1Cl)N1CCCC(CO)(Cc2cccc(Cl)c2)C1. The lowest BCUT2D eigenvalue weighted by molar-refractivity contribution is 0.0645. The molecule has 1 aliphatic rings. The van der Waals surface area contributed by atoms with Crippen LogP contribution in [0, 0.1) is 5.41 Å². The number of hydrogen-bond donors (Lipinski definition) is 1. The summed E-state index contributed by atoms with van der Waals surface area (Å²) in [4.78, 5) is 0.109. The highest BCUT2D eigenvalue weighted by atomic mass is 35.5. The number of rotatable bonds is 5. The van der Waals surface area contributed by atoms with Gasteiger partial charge in [-0.25, -0.2) is 8.42 Å². The number of hydrogen-bond acceptors (Lipinski definition) is 3. The van der Waals surface area contributed by atoms with Crippen LogP contribution < -0.4 is 0 Å². The molecule has 0 saturated carbocycles.